The third-order valence-electron chi connectivity index (χ3n) is 17.1. The fourth-order valence-corrected chi connectivity index (χ4v) is 13.1. The molecule has 440 valence electrons. The van der Waals surface area contributed by atoms with Crippen LogP contribution in [0.25, 0.3) is 21.9 Å². The first-order valence-corrected chi connectivity index (χ1v) is 30.0. The number of hydrogen-bond acceptors (Lipinski definition) is 11. The summed E-state index contributed by atoms with van der Waals surface area (Å²) in [6.07, 6.45) is 4.87. The number of H-pyrrole nitrogens is 1. The number of aromatic nitrogens is 3. The summed E-state index contributed by atoms with van der Waals surface area (Å²) in [5.41, 5.74) is 7.71. The first-order chi connectivity index (χ1) is 40.2. The quantitative estimate of drug-likeness (QED) is 0.0442. The molecule has 3 saturated heterocycles. The predicted octanol–water partition coefficient (Wildman–Crippen LogP) is 4.22. The number of benzene rings is 4. The second kappa shape index (κ2) is 24.7. The van der Waals surface area contributed by atoms with Gasteiger partial charge in [0.1, 0.15) is 29.9 Å². The van der Waals surface area contributed by atoms with Crippen LogP contribution in [0.2, 0.25) is 0 Å². The van der Waals surface area contributed by atoms with E-state index in [2.05, 4.69) is 26.3 Å². The van der Waals surface area contributed by atoms with Crippen molar-refractivity contribution in [2.75, 3.05) is 13.1 Å². The van der Waals surface area contributed by atoms with Crippen LogP contribution in [0.5, 0.6) is 0 Å². The second-order valence-corrected chi connectivity index (χ2v) is 24.0. The molecule has 8 amide bonds. The Morgan fingerprint density at radius 2 is 1.48 bits per heavy atom. The van der Waals surface area contributed by atoms with Crippen LogP contribution < -0.4 is 32.7 Å². The number of nitrogens with two attached hydrogens (primary N) is 1. The number of fused-ring (bicyclic) bond motifs is 3. The van der Waals surface area contributed by atoms with Crippen molar-refractivity contribution in [1.29, 1.82) is 0 Å². The lowest BCUT2D eigenvalue weighted by Gasteiger charge is -2.39. The molecule has 5 atom stereocenters. The van der Waals surface area contributed by atoms with Crippen molar-refractivity contribution < 1.29 is 57.5 Å². The number of nitrogens with one attached hydrogen (secondary N) is 5. The number of imidazole rings is 1. The Morgan fingerprint density at radius 3 is 2.14 bits per heavy atom. The first-order valence-electron chi connectivity index (χ1n) is 28.4. The molecule has 84 heavy (non-hydrogen) atoms. The summed E-state index contributed by atoms with van der Waals surface area (Å²) < 4.78 is 14.8. The fourth-order valence-electron chi connectivity index (χ4n) is 12.6. The third kappa shape index (κ3) is 12.7. The van der Waals surface area contributed by atoms with Crippen LogP contribution in [0.15, 0.2) is 108 Å². The SMILES string of the molecule is Cn1c(=O)n(C2CCC(=O)NC2=O)c2ccc([C@H]3CC[C@H](CCC(=O)N4CC[C@H]5CC[C@@H](C(=O)N[C@@H](CCC(N)=O)C(=O)NC(c6ccccc6)c6ccccc6)N5C(=O)[C@@H](NC(=O)c5cc6cc(C(=O)P(=O)(O)O)ccc6[nH]5)C4)CC3)cc21. The smallest absolute Gasteiger partial charge is 0.370 e. The van der Waals surface area contributed by atoms with E-state index in [9.17, 15) is 57.5 Å². The first kappa shape index (κ1) is 58.7. The second-order valence-electron chi connectivity index (χ2n) is 22.5. The molecule has 1 saturated carbocycles. The highest BCUT2D eigenvalue weighted by atomic mass is 31.2. The standard InChI is InChI=1S/C60H67N10O13P/c1-67-49-32-38(18-22-46(49)70(60(67)80)48-24-26-51(72)65-57(48)77)35-15-12-34(13-16-35)14-27-52(73)68-29-28-41-19-23-47(56(76)63-43(21-25-50(61)71)54(74)66-53(36-8-4-2-5-9-36)37-10-6-3-7-11-37)69(41)58(78)45(33-68)64-55(75)44-31-40-30-39(17-20-42(40)62-44)59(79)84(81,82)83/h2-11,17-18,20,22,30-32,34-35,41,43,45,47-48,53,62H,12-16,19,21,23-29,33H2,1H3,(H2,61,71)(H,63,76)(H,64,75)(H,66,74)(H,65,72,77)(H2,81,82,83)/t34-,35-,41-,43+,45+,47+,48?/m1/s1. The van der Waals surface area contributed by atoms with Gasteiger partial charge in [-0.05, 0) is 129 Å². The number of primary amides is 1. The van der Waals surface area contributed by atoms with Crippen LogP contribution in [-0.4, -0.2) is 124 Å². The normalized spacial score (nSPS) is 21.5. The number of nitrogens with zero attached hydrogens (tertiary/aromatic N) is 4. The van der Waals surface area contributed by atoms with Gasteiger partial charge in [-0.2, -0.15) is 0 Å². The van der Waals surface area contributed by atoms with Gasteiger partial charge in [0, 0.05) is 61.9 Å². The van der Waals surface area contributed by atoms with E-state index in [1.807, 2.05) is 78.9 Å². The molecule has 4 aromatic carbocycles. The number of piperidine rings is 1. The van der Waals surface area contributed by atoms with Crippen molar-refractivity contribution in [3.63, 3.8) is 0 Å². The van der Waals surface area contributed by atoms with Crippen molar-refractivity contribution in [3.05, 3.63) is 142 Å². The van der Waals surface area contributed by atoms with Crippen molar-refractivity contribution >= 4 is 82.3 Å². The van der Waals surface area contributed by atoms with E-state index in [-0.39, 0.29) is 97.6 Å². The zero-order valence-corrected chi connectivity index (χ0v) is 47.1. The summed E-state index contributed by atoms with van der Waals surface area (Å²) in [4.78, 5) is 160. The molecule has 9 N–H and O–H groups in total. The summed E-state index contributed by atoms with van der Waals surface area (Å²) in [7, 11) is -3.47. The lowest BCUT2D eigenvalue weighted by atomic mass is 9.77. The van der Waals surface area contributed by atoms with E-state index in [1.54, 1.807) is 11.9 Å². The molecule has 0 spiro atoms. The van der Waals surface area contributed by atoms with Crippen molar-refractivity contribution in [2.24, 2.45) is 18.7 Å². The third-order valence-corrected chi connectivity index (χ3v) is 17.9. The summed E-state index contributed by atoms with van der Waals surface area (Å²) in [5, 5.41) is 11.3. The number of rotatable bonds is 18. The van der Waals surface area contributed by atoms with Gasteiger partial charge in [-0.15, -0.1) is 0 Å². The van der Waals surface area contributed by atoms with Crippen molar-refractivity contribution in [3.8, 4) is 0 Å². The molecule has 0 bridgehead atoms. The predicted molar refractivity (Wildman–Crippen MR) is 307 cm³/mol. The molecule has 4 aliphatic rings. The highest BCUT2D eigenvalue weighted by Crippen LogP contribution is 2.41. The number of amides is 8. The molecule has 23 nitrogen and oxygen atoms in total. The van der Waals surface area contributed by atoms with Gasteiger partial charge in [0.25, 0.3) is 11.4 Å². The fraction of sp³-hybridized carbons (Fsp3) is 0.400. The van der Waals surface area contributed by atoms with Gasteiger partial charge in [-0.1, -0.05) is 66.7 Å². The Labute approximate surface area is 482 Å². The lowest BCUT2D eigenvalue weighted by Crippen LogP contribution is -2.62. The lowest BCUT2D eigenvalue weighted by molar-refractivity contribution is -0.145. The average Bonchev–Trinajstić information content (AvgIpc) is 2.53. The molecular formula is C60H67N10O13P. The van der Waals surface area contributed by atoms with Crippen molar-refractivity contribution in [2.45, 2.75) is 126 Å². The summed E-state index contributed by atoms with van der Waals surface area (Å²) >= 11 is 0. The van der Waals surface area contributed by atoms with E-state index in [1.165, 1.54) is 38.3 Å². The van der Waals surface area contributed by atoms with Gasteiger partial charge in [0.05, 0.1) is 17.1 Å². The Morgan fingerprint density at radius 1 is 0.774 bits per heavy atom. The Bertz CT molecular complexity index is 3640. The van der Waals surface area contributed by atoms with E-state index in [0.717, 1.165) is 42.4 Å². The number of aromatic amines is 1. The highest BCUT2D eigenvalue weighted by Gasteiger charge is 2.46. The minimum Gasteiger partial charge on any atom is -0.370 e. The molecule has 3 aliphatic heterocycles. The molecule has 5 heterocycles. The van der Waals surface area contributed by atoms with Gasteiger partial charge in [0.15, 0.2) is 0 Å². The van der Waals surface area contributed by atoms with Gasteiger partial charge in [-0.3, -0.25) is 62.2 Å². The summed E-state index contributed by atoms with van der Waals surface area (Å²) in [5.74, 6) is -4.07. The minimum atomic E-state index is -5.13. The van der Waals surface area contributed by atoms with Gasteiger partial charge < -0.3 is 46.3 Å². The molecule has 6 aromatic rings. The maximum atomic E-state index is 15.2. The van der Waals surface area contributed by atoms with E-state index >= 15 is 4.79 Å². The maximum Gasteiger partial charge on any atom is 0.396 e. The average molecular weight is 1170 g/mol. The van der Waals surface area contributed by atoms with Crippen LogP contribution in [-0.2, 0) is 45.2 Å². The molecule has 10 rings (SSSR count). The molecule has 24 heteroatoms. The summed E-state index contributed by atoms with van der Waals surface area (Å²) in [6.45, 7) is -0.0706. The zero-order valence-electron chi connectivity index (χ0n) is 46.2. The number of carbonyl (C=O) groups is 9. The van der Waals surface area contributed by atoms with Gasteiger partial charge >= 0.3 is 13.3 Å². The topological polar surface area (TPSA) is 335 Å². The van der Waals surface area contributed by atoms with Crippen LogP contribution in [0.3, 0.4) is 0 Å². The van der Waals surface area contributed by atoms with Crippen LogP contribution >= 0.6 is 7.60 Å². The molecule has 0 radical (unpaired) electrons. The van der Waals surface area contributed by atoms with Crippen LogP contribution in [0.4, 0.5) is 0 Å². The summed E-state index contributed by atoms with van der Waals surface area (Å²) in [6, 6.07) is 23.7. The van der Waals surface area contributed by atoms with Gasteiger partial charge in [-0.25, -0.2) is 4.79 Å². The zero-order chi connectivity index (χ0) is 59.6. The van der Waals surface area contributed by atoms with Crippen molar-refractivity contribution in [1.82, 2.24) is 45.2 Å². The Balaban J connectivity index is 0.842. The minimum absolute atomic E-state index is 0.0661. The largest absolute Gasteiger partial charge is 0.396 e. The molecule has 1 aliphatic carbocycles. The maximum absolute atomic E-state index is 15.2. The molecule has 2 aromatic heterocycles. The Kier molecular flexibility index (Phi) is 17.3. The molecule has 4 fully saturated rings. The van der Waals surface area contributed by atoms with Crippen LogP contribution in [0.1, 0.15) is 139 Å². The van der Waals surface area contributed by atoms with E-state index in [0.29, 0.717) is 35.8 Å². The number of carbonyl (C=O) groups excluding carboxylic acids is 9. The number of imide groups is 1. The highest BCUT2D eigenvalue weighted by molar-refractivity contribution is 7.70. The molecule has 1 unspecified atom stereocenters. The monoisotopic (exact) mass is 1170 g/mol. The van der Waals surface area contributed by atoms with E-state index < -0.39 is 84.8 Å². The number of aryl methyl sites for hydroxylation is 1. The van der Waals surface area contributed by atoms with Crippen LogP contribution in [0, 0.1) is 5.92 Å². The molecular weight excluding hydrogens is 1100 g/mol. The Hall–Kier alpha value is -8.53. The number of hydrogen-bond donors (Lipinski definition) is 8. The van der Waals surface area contributed by atoms with E-state index in [4.69, 9.17) is 5.73 Å². The van der Waals surface area contributed by atoms with Gasteiger partial charge in [0.2, 0.25) is 41.4 Å².